The molecule has 0 saturated heterocycles. The van der Waals surface area contributed by atoms with Crippen molar-refractivity contribution >= 4 is 23.4 Å². The van der Waals surface area contributed by atoms with Crippen molar-refractivity contribution in [2.45, 2.75) is 26.4 Å². The van der Waals surface area contributed by atoms with Crippen LogP contribution in [0.5, 0.6) is 0 Å². The topological polar surface area (TPSA) is 124 Å². The number of anilines is 1. The van der Waals surface area contributed by atoms with Crippen LogP contribution in [0.1, 0.15) is 39.9 Å². The molecule has 0 atom stereocenters. The van der Waals surface area contributed by atoms with Crippen LogP contribution >= 0.6 is 0 Å². The summed E-state index contributed by atoms with van der Waals surface area (Å²) in [6, 6.07) is 13.3. The molecule has 4 heterocycles. The third-order valence-corrected chi connectivity index (χ3v) is 5.61. The molecule has 5 rings (SSSR count). The van der Waals surface area contributed by atoms with Crippen molar-refractivity contribution in [3.63, 3.8) is 0 Å². The summed E-state index contributed by atoms with van der Waals surface area (Å²) in [5.41, 5.74) is 2.77. The van der Waals surface area contributed by atoms with Crippen LogP contribution < -0.4 is 10.6 Å². The quantitative estimate of drug-likeness (QED) is 0.350. The molecule has 5 aromatic rings. The zero-order valence-corrected chi connectivity index (χ0v) is 19.9. The number of rotatable bonds is 8. The van der Waals surface area contributed by atoms with Gasteiger partial charge in [-0.3, -0.25) is 23.4 Å². The molecule has 0 bridgehead atoms. The Kier molecular flexibility index (Phi) is 6.27. The third-order valence-electron chi connectivity index (χ3n) is 5.61. The molecule has 182 valence electrons. The standard InChI is InChI=1S/C25H25N9O2/c1-3-11-34-13-9-18(31-34)14-26-23(35)19-15-27-32(2)22(19)24(36)29-21-10-12-33-16-20(28-25(33)30-21)17-7-5-4-6-8-17/h4-10,12-13,15-16H,3,11,14H2,1-2H3,(H,26,35)(H,28,29,30,36). The number of hydrogen-bond donors (Lipinski definition) is 2. The van der Waals surface area contributed by atoms with Gasteiger partial charge < -0.3 is 10.6 Å². The van der Waals surface area contributed by atoms with Crippen LogP contribution in [-0.2, 0) is 20.1 Å². The van der Waals surface area contributed by atoms with Crippen molar-refractivity contribution in [3.8, 4) is 11.3 Å². The van der Waals surface area contributed by atoms with Gasteiger partial charge in [0.1, 0.15) is 11.5 Å². The monoisotopic (exact) mass is 483 g/mol. The first-order valence-electron chi connectivity index (χ1n) is 11.6. The minimum atomic E-state index is -0.501. The zero-order chi connectivity index (χ0) is 25.1. The number of amides is 2. The lowest BCUT2D eigenvalue weighted by molar-refractivity contribution is 0.0935. The Bertz CT molecular complexity index is 1530. The van der Waals surface area contributed by atoms with Crippen LogP contribution in [0.15, 0.2) is 67.3 Å². The molecule has 0 unspecified atom stereocenters. The molecule has 36 heavy (non-hydrogen) atoms. The predicted octanol–water partition coefficient (Wildman–Crippen LogP) is 2.92. The first-order chi connectivity index (χ1) is 17.5. The van der Waals surface area contributed by atoms with Crippen molar-refractivity contribution in [1.82, 2.24) is 39.2 Å². The van der Waals surface area contributed by atoms with Gasteiger partial charge in [-0.25, -0.2) is 4.98 Å². The highest BCUT2D eigenvalue weighted by Crippen LogP contribution is 2.19. The minimum absolute atomic E-state index is 0.124. The fraction of sp³-hybridized carbons (Fsp3) is 0.200. The van der Waals surface area contributed by atoms with Crippen molar-refractivity contribution in [1.29, 1.82) is 0 Å². The Morgan fingerprint density at radius 2 is 1.83 bits per heavy atom. The fourth-order valence-electron chi connectivity index (χ4n) is 3.86. The second-order valence-electron chi connectivity index (χ2n) is 8.25. The summed E-state index contributed by atoms with van der Waals surface area (Å²) in [6.07, 6.45) is 7.86. The Morgan fingerprint density at radius 3 is 2.64 bits per heavy atom. The van der Waals surface area contributed by atoms with Gasteiger partial charge in [-0.1, -0.05) is 37.3 Å². The number of fused-ring (bicyclic) bond motifs is 1. The molecule has 4 aromatic heterocycles. The van der Waals surface area contributed by atoms with Gasteiger partial charge >= 0.3 is 0 Å². The molecule has 0 aliphatic rings. The molecule has 11 heteroatoms. The van der Waals surface area contributed by atoms with Gasteiger partial charge in [-0.2, -0.15) is 15.2 Å². The van der Waals surface area contributed by atoms with E-state index in [1.165, 1.54) is 10.9 Å². The van der Waals surface area contributed by atoms with E-state index in [1.54, 1.807) is 23.7 Å². The van der Waals surface area contributed by atoms with Gasteiger partial charge in [0.25, 0.3) is 11.8 Å². The van der Waals surface area contributed by atoms with E-state index in [9.17, 15) is 9.59 Å². The predicted molar refractivity (Wildman–Crippen MR) is 133 cm³/mol. The molecule has 0 saturated carbocycles. The number of nitrogens with one attached hydrogen (secondary N) is 2. The van der Waals surface area contributed by atoms with E-state index in [4.69, 9.17) is 0 Å². The Balaban J connectivity index is 1.30. The van der Waals surface area contributed by atoms with Crippen molar-refractivity contribution < 1.29 is 9.59 Å². The highest BCUT2D eigenvalue weighted by atomic mass is 16.2. The number of nitrogens with zero attached hydrogens (tertiary/aromatic N) is 7. The van der Waals surface area contributed by atoms with E-state index >= 15 is 0 Å². The van der Waals surface area contributed by atoms with Gasteiger partial charge in [0.2, 0.25) is 5.78 Å². The van der Waals surface area contributed by atoms with E-state index in [1.807, 2.05) is 53.5 Å². The maximum absolute atomic E-state index is 13.1. The van der Waals surface area contributed by atoms with Crippen molar-refractivity contribution in [3.05, 3.63) is 84.2 Å². The van der Waals surface area contributed by atoms with Gasteiger partial charge in [-0.05, 0) is 18.6 Å². The first kappa shape index (κ1) is 23.0. The summed E-state index contributed by atoms with van der Waals surface area (Å²) in [4.78, 5) is 34.9. The molecule has 1 aromatic carbocycles. The summed E-state index contributed by atoms with van der Waals surface area (Å²) in [5.74, 6) is -0.162. The van der Waals surface area contributed by atoms with E-state index in [-0.39, 0.29) is 17.8 Å². The number of benzene rings is 1. The lowest BCUT2D eigenvalue weighted by Gasteiger charge is -2.08. The highest BCUT2D eigenvalue weighted by molar-refractivity contribution is 6.10. The second-order valence-corrected chi connectivity index (χ2v) is 8.25. The van der Waals surface area contributed by atoms with Gasteiger partial charge in [0.15, 0.2) is 0 Å². The molecular weight excluding hydrogens is 458 g/mol. The molecule has 11 nitrogen and oxygen atoms in total. The van der Waals surface area contributed by atoms with E-state index < -0.39 is 11.8 Å². The molecule has 2 N–H and O–H groups in total. The molecule has 0 fully saturated rings. The van der Waals surface area contributed by atoms with Crippen LogP contribution in [0.4, 0.5) is 5.82 Å². The first-order valence-corrected chi connectivity index (χ1v) is 11.6. The minimum Gasteiger partial charge on any atom is -0.346 e. The van der Waals surface area contributed by atoms with Crippen molar-refractivity contribution in [2.75, 3.05) is 5.32 Å². The number of aryl methyl sites for hydroxylation is 2. The molecular formula is C25H25N9O2. The average Bonchev–Trinajstić information content (AvgIpc) is 3.61. The van der Waals surface area contributed by atoms with Crippen LogP contribution in [0.2, 0.25) is 0 Å². The number of carbonyl (C=O) groups is 2. The number of aromatic nitrogens is 7. The summed E-state index contributed by atoms with van der Waals surface area (Å²) < 4.78 is 4.97. The summed E-state index contributed by atoms with van der Waals surface area (Å²) in [6.45, 7) is 3.13. The van der Waals surface area contributed by atoms with Gasteiger partial charge in [0, 0.05) is 37.7 Å². The second kappa shape index (κ2) is 9.82. The summed E-state index contributed by atoms with van der Waals surface area (Å²) in [7, 11) is 1.61. The summed E-state index contributed by atoms with van der Waals surface area (Å²) in [5, 5.41) is 14.1. The smallest absolute Gasteiger partial charge is 0.275 e. The van der Waals surface area contributed by atoms with Crippen molar-refractivity contribution in [2.24, 2.45) is 7.05 Å². The third kappa shape index (κ3) is 4.71. The molecule has 0 spiro atoms. The Hall–Kier alpha value is -4.80. The Labute approximate surface area is 206 Å². The molecule has 2 amide bonds. The SMILES string of the molecule is CCCn1ccc(CNC(=O)c2cnn(C)c2C(=O)Nc2ccn3cc(-c4ccccc4)nc3n2)n1. The van der Waals surface area contributed by atoms with Crippen LogP contribution in [0.3, 0.4) is 0 Å². The normalized spacial score (nSPS) is 11.1. The van der Waals surface area contributed by atoms with E-state index in [0.717, 1.165) is 29.9 Å². The maximum Gasteiger partial charge on any atom is 0.275 e. The van der Waals surface area contributed by atoms with Gasteiger partial charge in [-0.15, -0.1) is 0 Å². The largest absolute Gasteiger partial charge is 0.346 e. The molecule has 0 aliphatic heterocycles. The van der Waals surface area contributed by atoms with Crippen LogP contribution in [-0.4, -0.2) is 45.7 Å². The van der Waals surface area contributed by atoms with E-state index in [2.05, 4.69) is 37.7 Å². The average molecular weight is 484 g/mol. The zero-order valence-electron chi connectivity index (χ0n) is 19.9. The fourth-order valence-corrected chi connectivity index (χ4v) is 3.86. The van der Waals surface area contributed by atoms with E-state index in [0.29, 0.717) is 11.6 Å². The van der Waals surface area contributed by atoms with Gasteiger partial charge in [0.05, 0.1) is 29.7 Å². The van der Waals surface area contributed by atoms with Crippen LogP contribution in [0.25, 0.3) is 17.0 Å². The highest BCUT2D eigenvalue weighted by Gasteiger charge is 2.23. The molecule has 0 radical (unpaired) electrons. The lowest BCUT2D eigenvalue weighted by atomic mass is 10.2. The number of carbonyl (C=O) groups excluding carboxylic acids is 2. The maximum atomic E-state index is 13.1. The Morgan fingerprint density at radius 1 is 1.00 bits per heavy atom. The van der Waals surface area contributed by atoms with Crippen LogP contribution in [0, 0.1) is 0 Å². The molecule has 0 aliphatic carbocycles. The lowest BCUT2D eigenvalue weighted by Crippen LogP contribution is -2.27. The summed E-state index contributed by atoms with van der Waals surface area (Å²) >= 11 is 0. The number of hydrogen-bond acceptors (Lipinski definition) is 6. The number of imidazole rings is 1.